The second-order valence-electron chi connectivity index (χ2n) is 5.48. The van der Waals surface area contributed by atoms with Gasteiger partial charge in [0.15, 0.2) is 0 Å². The molecule has 21 heavy (non-hydrogen) atoms. The molecule has 0 aliphatic carbocycles. The average Bonchev–Trinajstić information content (AvgIpc) is 2.54. The van der Waals surface area contributed by atoms with E-state index in [1.54, 1.807) is 6.07 Å². The number of rotatable bonds is 7. The number of phenols is 1. The van der Waals surface area contributed by atoms with Crippen LogP contribution in [0.25, 0.3) is 10.8 Å². The summed E-state index contributed by atoms with van der Waals surface area (Å²) >= 11 is 1.94. The molecule has 0 aliphatic heterocycles. The maximum Gasteiger partial charge on any atom is 0.120 e. The van der Waals surface area contributed by atoms with Crippen LogP contribution in [0.1, 0.15) is 32.3 Å². The standard InChI is InChI=1S/C18H25NOS/c1-4-18(5-2,21-3)13-19-12-16-15-9-7-6-8-14(15)10-11-17(16)20/h6-11,19-20H,4-5,12-13H2,1-3H3. The lowest BCUT2D eigenvalue weighted by Gasteiger charge is -2.30. The summed E-state index contributed by atoms with van der Waals surface area (Å²) in [7, 11) is 0. The molecule has 0 radical (unpaired) electrons. The third-order valence-corrected chi connectivity index (χ3v) is 6.07. The van der Waals surface area contributed by atoms with Gasteiger partial charge >= 0.3 is 0 Å². The number of hydrogen-bond donors (Lipinski definition) is 2. The number of thioether (sulfide) groups is 1. The quantitative estimate of drug-likeness (QED) is 0.786. The van der Waals surface area contributed by atoms with Gasteiger partial charge < -0.3 is 10.4 Å². The van der Waals surface area contributed by atoms with E-state index in [2.05, 4.69) is 37.6 Å². The highest BCUT2D eigenvalue weighted by Crippen LogP contribution is 2.31. The number of aromatic hydroxyl groups is 1. The fourth-order valence-electron chi connectivity index (χ4n) is 2.79. The van der Waals surface area contributed by atoms with E-state index in [1.807, 2.05) is 30.0 Å². The van der Waals surface area contributed by atoms with Gasteiger partial charge in [0.2, 0.25) is 0 Å². The molecule has 0 aliphatic rings. The summed E-state index contributed by atoms with van der Waals surface area (Å²) in [4.78, 5) is 0. The van der Waals surface area contributed by atoms with E-state index < -0.39 is 0 Å². The molecule has 3 heteroatoms. The minimum absolute atomic E-state index is 0.292. The molecule has 2 N–H and O–H groups in total. The summed E-state index contributed by atoms with van der Waals surface area (Å²) < 4.78 is 0.292. The van der Waals surface area contributed by atoms with E-state index in [1.165, 1.54) is 5.39 Å². The largest absolute Gasteiger partial charge is 0.508 e. The SMILES string of the molecule is CCC(CC)(CNCc1c(O)ccc2ccccc12)SC. The first-order chi connectivity index (χ1) is 10.2. The minimum atomic E-state index is 0.292. The predicted octanol–water partition coefficient (Wildman–Crippen LogP) is 4.56. The van der Waals surface area contributed by atoms with Crippen LogP contribution in [-0.2, 0) is 6.54 Å². The molecule has 0 aromatic heterocycles. The Morgan fingerprint density at radius 3 is 2.48 bits per heavy atom. The van der Waals surface area contributed by atoms with Crippen molar-refractivity contribution in [1.82, 2.24) is 5.32 Å². The lowest BCUT2D eigenvalue weighted by atomic mass is 10.0. The fraction of sp³-hybridized carbons (Fsp3) is 0.444. The zero-order valence-electron chi connectivity index (χ0n) is 13.1. The molecule has 0 bridgehead atoms. The average molecular weight is 303 g/mol. The summed E-state index contributed by atoms with van der Waals surface area (Å²) in [5, 5.41) is 16.0. The van der Waals surface area contributed by atoms with Crippen LogP contribution >= 0.6 is 11.8 Å². The topological polar surface area (TPSA) is 32.3 Å². The van der Waals surface area contributed by atoms with Gasteiger partial charge in [0.1, 0.15) is 5.75 Å². The van der Waals surface area contributed by atoms with Crippen molar-refractivity contribution >= 4 is 22.5 Å². The summed E-state index contributed by atoms with van der Waals surface area (Å²) in [5.41, 5.74) is 0.996. The zero-order valence-corrected chi connectivity index (χ0v) is 14.0. The number of benzene rings is 2. The summed E-state index contributed by atoms with van der Waals surface area (Å²) in [5.74, 6) is 0.379. The first-order valence-corrected chi connectivity index (χ1v) is 8.83. The normalized spacial score (nSPS) is 12.0. The van der Waals surface area contributed by atoms with Crippen LogP contribution < -0.4 is 5.32 Å². The van der Waals surface area contributed by atoms with E-state index in [0.717, 1.165) is 30.3 Å². The van der Waals surface area contributed by atoms with Crippen LogP contribution in [0.5, 0.6) is 5.75 Å². The second kappa shape index (κ2) is 7.19. The maximum absolute atomic E-state index is 10.2. The number of hydrogen-bond acceptors (Lipinski definition) is 3. The van der Waals surface area contributed by atoms with Gasteiger partial charge in [0, 0.05) is 23.4 Å². The van der Waals surface area contributed by atoms with Crippen molar-refractivity contribution in [2.24, 2.45) is 0 Å². The second-order valence-corrected chi connectivity index (χ2v) is 6.76. The Kier molecular flexibility index (Phi) is 5.54. The van der Waals surface area contributed by atoms with Crippen molar-refractivity contribution in [3.63, 3.8) is 0 Å². The first-order valence-electron chi connectivity index (χ1n) is 7.61. The molecule has 2 aromatic rings. The molecule has 2 nitrogen and oxygen atoms in total. The zero-order chi connectivity index (χ0) is 15.3. The van der Waals surface area contributed by atoms with Crippen LogP contribution in [0.4, 0.5) is 0 Å². The molecule has 2 aromatic carbocycles. The van der Waals surface area contributed by atoms with E-state index in [4.69, 9.17) is 0 Å². The van der Waals surface area contributed by atoms with Crippen molar-refractivity contribution in [2.45, 2.75) is 38.0 Å². The third-order valence-electron chi connectivity index (χ3n) is 4.49. The Morgan fingerprint density at radius 2 is 1.81 bits per heavy atom. The van der Waals surface area contributed by atoms with Crippen LogP contribution in [0.15, 0.2) is 36.4 Å². The van der Waals surface area contributed by atoms with Crippen molar-refractivity contribution in [3.8, 4) is 5.75 Å². The van der Waals surface area contributed by atoms with E-state index >= 15 is 0 Å². The fourth-order valence-corrected chi connectivity index (χ4v) is 3.61. The van der Waals surface area contributed by atoms with Crippen LogP contribution in [0, 0.1) is 0 Å². The van der Waals surface area contributed by atoms with E-state index in [9.17, 15) is 5.11 Å². The molecule has 0 amide bonds. The Balaban J connectivity index is 2.15. The number of fused-ring (bicyclic) bond motifs is 1. The Bertz CT molecular complexity index is 585. The predicted molar refractivity (Wildman–Crippen MR) is 94.1 cm³/mol. The molecule has 0 spiro atoms. The van der Waals surface area contributed by atoms with Crippen molar-refractivity contribution in [2.75, 3.05) is 12.8 Å². The highest BCUT2D eigenvalue weighted by atomic mass is 32.2. The monoisotopic (exact) mass is 303 g/mol. The molecular formula is C18H25NOS. The van der Waals surface area contributed by atoms with Crippen LogP contribution in [0.3, 0.4) is 0 Å². The van der Waals surface area contributed by atoms with Gasteiger partial charge in [-0.15, -0.1) is 0 Å². The summed E-state index contributed by atoms with van der Waals surface area (Å²) in [6.45, 7) is 6.16. The third kappa shape index (κ3) is 3.53. The molecule has 0 heterocycles. The lowest BCUT2D eigenvalue weighted by Crippen LogP contribution is -2.36. The first kappa shape index (κ1) is 16.2. The number of nitrogens with one attached hydrogen (secondary N) is 1. The van der Waals surface area contributed by atoms with Gasteiger partial charge in [0.05, 0.1) is 0 Å². The van der Waals surface area contributed by atoms with E-state index in [-0.39, 0.29) is 0 Å². The smallest absolute Gasteiger partial charge is 0.120 e. The summed E-state index contributed by atoms with van der Waals surface area (Å²) in [6.07, 6.45) is 4.49. The molecule has 0 saturated heterocycles. The van der Waals surface area contributed by atoms with Crippen LogP contribution in [-0.4, -0.2) is 22.7 Å². The number of phenolic OH excluding ortho intramolecular Hbond substituents is 1. The highest BCUT2D eigenvalue weighted by Gasteiger charge is 2.24. The molecule has 0 fully saturated rings. The Labute approximate surface area is 131 Å². The van der Waals surface area contributed by atoms with Crippen LogP contribution in [0.2, 0.25) is 0 Å². The van der Waals surface area contributed by atoms with Gasteiger partial charge in [0.25, 0.3) is 0 Å². The van der Waals surface area contributed by atoms with Crippen molar-refractivity contribution in [3.05, 3.63) is 42.0 Å². The lowest BCUT2D eigenvalue weighted by molar-refractivity contribution is 0.457. The molecular weight excluding hydrogens is 278 g/mol. The Hall–Kier alpha value is -1.19. The van der Waals surface area contributed by atoms with Gasteiger partial charge in [-0.3, -0.25) is 0 Å². The molecule has 0 atom stereocenters. The van der Waals surface area contributed by atoms with Crippen molar-refractivity contribution < 1.29 is 5.11 Å². The Morgan fingerprint density at radius 1 is 1.10 bits per heavy atom. The summed E-state index contributed by atoms with van der Waals surface area (Å²) in [6, 6.07) is 12.0. The molecule has 114 valence electrons. The van der Waals surface area contributed by atoms with Gasteiger partial charge in [-0.1, -0.05) is 44.2 Å². The van der Waals surface area contributed by atoms with Crippen molar-refractivity contribution in [1.29, 1.82) is 0 Å². The highest BCUT2D eigenvalue weighted by molar-refractivity contribution is 8.00. The minimum Gasteiger partial charge on any atom is -0.508 e. The molecule has 0 unspecified atom stereocenters. The van der Waals surface area contributed by atoms with Gasteiger partial charge in [-0.2, -0.15) is 11.8 Å². The molecule has 0 saturated carbocycles. The maximum atomic E-state index is 10.2. The van der Waals surface area contributed by atoms with Gasteiger partial charge in [-0.25, -0.2) is 0 Å². The molecule has 2 rings (SSSR count). The van der Waals surface area contributed by atoms with E-state index in [0.29, 0.717) is 17.0 Å². The van der Waals surface area contributed by atoms with Gasteiger partial charge in [-0.05, 0) is 35.9 Å².